The molecule has 5 atom stereocenters. The summed E-state index contributed by atoms with van der Waals surface area (Å²) in [4.78, 5) is 39.9. The highest BCUT2D eigenvalue weighted by molar-refractivity contribution is 6.04. The molecule has 0 unspecified atom stereocenters. The lowest BCUT2D eigenvalue weighted by Gasteiger charge is -2.63. The smallest absolute Gasteiger partial charge is 0.347 e. The number of rotatable bonds is 9. The fraction of sp³-hybridized carbons (Fsp3) is 0.765. The van der Waals surface area contributed by atoms with Crippen LogP contribution in [0.3, 0.4) is 0 Å². The maximum absolute atomic E-state index is 13.4. The summed E-state index contributed by atoms with van der Waals surface area (Å²) in [5, 5.41) is 12.0. The van der Waals surface area contributed by atoms with Gasteiger partial charge in [0.1, 0.15) is 12.6 Å². The fourth-order valence-electron chi connectivity index (χ4n) is 8.08. The first-order valence-electron chi connectivity index (χ1n) is 15.3. The molecule has 1 N–H and O–H groups in total. The lowest BCUT2D eigenvalue weighted by molar-refractivity contribution is -0.145. The number of amides is 1. The Kier molecular flexibility index (Phi) is 8.87. The molecule has 0 aromatic heterocycles. The summed E-state index contributed by atoms with van der Waals surface area (Å²) in [6, 6.07) is 2.09. The molecule has 42 heavy (non-hydrogen) atoms. The van der Waals surface area contributed by atoms with Crippen LogP contribution in [0.4, 0.5) is 13.2 Å². The minimum atomic E-state index is -4.51. The van der Waals surface area contributed by atoms with Crippen molar-refractivity contribution in [3.8, 4) is 6.07 Å². The number of Topliss-reactive ketones (excluding diaryl/α,β-unsaturated/α-hetero) is 1. The highest BCUT2D eigenvalue weighted by Crippen LogP contribution is 2.69. The summed E-state index contributed by atoms with van der Waals surface area (Å²) in [7, 11) is 0. The number of allylic oxidation sites excluding steroid dienone is 4. The van der Waals surface area contributed by atoms with Crippen LogP contribution in [0.5, 0.6) is 0 Å². The van der Waals surface area contributed by atoms with Gasteiger partial charge in [-0.1, -0.05) is 80.4 Å². The van der Waals surface area contributed by atoms with Gasteiger partial charge in [-0.15, -0.1) is 0 Å². The molecule has 0 bridgehead atoms. The first-order chi connectivity index (χ1) is 19.0. The summed E-state index contributed by atoms with van der Waals surface area (Å²) in [6.07, 6.45) is 3.54. The molecule has 1 saturated carbocycles. The van der Waals surface area contributed by atoms with Gasteiger partial charge in [-0.25, -0.2) is 0 Å². The lowest BCUT2D eigenvalue weighted by atomic mass is 9.40. The number of carbonyl (C=O) groups excluding carboxylic acids is 3. The van der Waals surface area contributed by atoms with E-state index >= 15 is 0 Å². The number of nitriles is 1. The van der Waals surface area contributed by atoms with Crippen molar-refractivity contribution < 1.29 is 27.6 Å². The largest absolute Gasteiger partial charge is 0.405 e. The Balaban J connectivity index is 2.01. The monoisotopic (exact) mass is 590 g/mol. The average Bonchev–Trinajstić information content (AvgIpc) is 2.88. The molecule has 0 radical (unpaired) electrons. The van der Waals surface area contributed by atoms with Crippen LogP contribution in [0.25, 0.3) is 0 Å². The van der Waals surface area contributed by atoms with Crippen LogP contribution in [0.1, 0.15) is 114 Å². The van der Waals surface area contributed by atoms with Gasteiger partial charge in [-0.05, 0) is 66.8 Å². The third-order valence-electron chi connectivity index (χ3n) is 11.8. The first kappa shape index (κ1) is 34.1. The summed E-state index contributed by atoms with van der Waals surface area (Å²) in [5.74, 6) is -0.900. The Morgan fingerprint density at radius 1 is 1.07 bits per heavy atom. The standard InChI is InChI=1S/C34H49F3N2O3/c1-10-28(2,3)13-14-30(6,27(42)39-21-34(35,36)37)15-16-31(7)19-23(40)17-25-32(8)18-22(20-38)26(41)29(4,5)24(32)11-12-33(25,31)9/h17-18,24H,10-16,19,21H2,1-9H3,(H,39,42)/t24-,30-,31+,32-,33+/m0/s1. The molecule has 1 fully saturated rings. The lowest BCUT2D eigenvalue weighted by Crippen LogP contribution is -2.58. The molecule has 0 spiro atoms. The minimum absolute atomic E-state index is 0.0381. The second-order valence-corrected chi connectivity index (χ2v) is 15.6. The van der Waals surface area contributed by atoms with Crippen LogP contribution in [-0.2, 0) is 14.4 Å². The van der Waals surface area contributed by atoms with Crippen molar-refractivity contribution in [3.63, 3.8) is 0 Å². The Hall–Kier alpha value is -2.43. The normalized spacial score (nSPS) is 32.5. The number of fused-ring (bicyclic) bond motifs is 3. The molecular formula is C34H49F3N2O3. The molecule has 5 nitrogen and oxygen atoms in total. The van der Waals surface area contributed by atoms with Crippen LogP contribution in [-0.4, -0.2) is 30.2 Å². The van der Waals surface area contributed by atoms with Crippen molar-refractivity contribution in [1.82, 2.24) is 5.32 Å². The molecule has 0 aromatic carbocycles. The Bertz CT molecular complexity index is 1240. The van der Waals surface area contributed by atoms with Gasteiger partial charge in [0.15, 0.2) is 11.6 Å². The first-order valence-corrected chi connectivity index (χ1v) is 15.3. The molecule has 234 valence electrons. The third-order valence-corrected chi connectivity index (χ3v) is 11.8. The molecule has 0 aliphatic heterocycles. The second kappa shape index (κ2) is 10.9. The molecule has 3 rings (SSSR count). The Labute approximate surface area is 249 Å². The third kappa shape index (κ3) is 5.99. The van der Waals surface area contributed by atoms with E-state index in [1.165, 1.54) is 0 Å². The van der Waals surface area contributed by atoms with Crippen LogP contribution in [0, 0.1) is 49.7 Å². The van der Waals surface area contributed by atoms with Gasteiger partial charge in [0.25, 0.3) is 0 Å². The minimum Gasteiger partial charge on any atom is -0.347 e. The molecule has 8 heteroatoms. The number of alkyl halides is 3. The zero-order valence-corrected chi connectivity index (χ0v) is 26.9. The molecule has 0 heterocycles. The zero-order chi connectivity index (χ0) is 32.2. The molecule has 3 aliphatic rings. The van der Waals surface area contributed by atoms with Gasteiger partial charge in [0, 0.05) is 22.7 Å². The van der Waals surface area contributed by atoms with Gasteiger partial charge in [0.05, 0.1) is 5.57 Å². The van der Waals surface area contributed by atoms with Gasteiger partial charge in [0.2, 0.25) is 5.91 Å². The maximum atomic E-state index is 13.4. The fourth-order valence-corrected chi connectivity index (χ4v) is 8.08. The topological polar surface area (TPSA) is 87.0 Å². The van der Waals surface area contributed by atoms with E-state index in [0.29, 0.717) is 25.7 Å². The van der Waals surface area contributed by atoms with Gasteiger partial charge in [-0.3, -0.25) is 14.4 Å². The van der Waals surface area contributed by atoms with Crippen molar-refractivity contribution in [2.75, 3.05) is 6.54 Å². The highest BCUT2D eigenvalue weighted by Gasteiger charge is 2.63. The van der Waals surface area contributed by atoms with Crippen molar-refractivity contribution in [1.29, 1.82) is 5.26 Å². The van der Waals surface area contributed by atoms with E-state index in [1.807, 2.05) is 20.8 Å². The van der Waals surface area contributed by atoms with E-state index in [-0.39, 0.29) is 34.9 Å². The van der Waals surface area contributed by atoms with E-state index in [4.69, 9.17) is 0 Å². The Morgan fingerprint density at radius 3 is 2.24 bits per heavy atom. The SMILES string of the molecule is CCC(C)(C)CC[C@@](C)(CC[C@]1(C)CC(=O)C=C2[C@@]3(C)C=C(C#N)C(=O)C(C)(C)[C@@H]3CC[C@]21C)C(=O)NCC(F)(F)F. The van der Waals surface area contributed by atoms with Crippen molar-refractivity contribution >= 4 is 17.5 Å². The molecular weight excluding hydrogens is 541 g/mol. The Morgan fingerprint density at radius 2 is 1.69 bits per heavy atom. The molecule has 0 saturated heterocycles. The quantitative estimate of drug-likeness (QED) is 0.294. The summed E-state index contributed by atoms with van der Waals surface area (Å²) < 4.78 is 39.2. The number of ketones is 2. The van der Waals surface area contributed by atoms with E-state index in [0.717, 1.165) is 24.8 Å². The summed E-state index contributed by atoms with van der Waals surface area (Å²) in [6.45, 7) is 16.7. The van der Waals surface area contributed by atoms with Gasteiger partial charge >= 0.3 is 6.18 Å². The van der Waals surface area contributed by atoms with Crippen LogP contribution < -0.4 is 5.32 Å². The van der Waals surface area contributed by atoms with Crippen LogP contribution in [0.2, 0.25) is 0 Å². The predicted molar refractivity (Wildman–Crippen MR) is 157 cm³/mol. The van der Waals surface area contributed by atoms with E-state index in [1.54, 1.807) is 19.1 Å². The number of nitrogens with zero attached hydrogens (tertiary/aromatic N) is 1. The van der Waals surface area contributed by atoms with E-state index in [9.17, 15) is 32.8 Å². The maximum Gasteiger partial charge on any atom is 0.405 e. The average molecular weight is 591 g/mol. The molecule has 1 amide bonds. The van der Waals surface area contributed by atoms with Gasteiger partial charge < -0.3 is 5.32 Å². The number of hydrogen-bond acceptors (Lipinski definition) is 4. The summed E-state index contributed by atoms with van der Waals surface area (Å²) in [5.41, 5.74) is -2.55. The number of halogens is 3. The predicted octanol–water partition coefficient (Wildman–Crippen LogP) is 8.05. The van der Waals surface area contributed by atoms with Crippen molar-refractivity contribution in [3.05, 3.63) is 23.3 Å². The van der Waals surface area contributed by atoms with Crippen LogP contribution >= 0.6 is 0 Å². The highest BCUT2D eigenvalue weighted by atomic mass is 19.4. The van der Waals surface area contributed by atoms with Gasteiger partial charge in [-0.2, -0.15) is 18.4 Å². The number of hydrogen-bond donors (Lipinski definition) is 1. The number of nitrogens with one attached hydrogen (secondary N) is 1. The van der Waals surface area contributed by atoms with E-state index < -0.39 is 45.7 Å². The number of carbonyl (C=O) groups is 3. The zero-order valence-electron chi connectivity index (χ0n) is 26.9. The molecule has 0 aromatic rings. The molecule has 3 aliphatic carbocycles. The van der Waals surface area contributed by atoms with Crippen molar-refractivity contribution in [2.45, 2.75) is 120 Å². The summed E-state index contributed by atoms with van der Waals surface area (Å²) >= 11 is 0. The second-order valence-electron chi connectivity index (χ2n) is 15.6. The van der Waals surface area contributed by atoms with Crippen LogP contribution in [0.15, 0.2) is 23.3 Å². The van der Waals surface area contributed by atoms with Crippen molar-refractivity contribution in [2.24, 2.45) is 38.4 Å². The van der Waals surface area contributed by atoms with E-state index in [2.05, 4.69) is 46.0 Å².